The van der Waals surface area contributed by atoms with Gasteiger partial charge in [0.15, 0.2) is 0 Å². The number of carbonyl (C=O) groups excluding carboxylic acids is 1. The Morgan fingerprint density at radius 2 is 1.85 bits per heavy atom. The summed E-state index contributed by atoms with van der Waals surface area (Å²) in [6, 6.07) is 0. The molecule has 2 saturated carbocycles. The smallest absolute Gasteiger partial charge is 0.254 e. The van der Waals surface area contributed by atoms with Gasteiger partial charge in [-0.2, -0.15) is 5.10 Å². The third-order valence-corrected chi connectivity index (χ3v) is 5.46. The van der Waals surface area contributed by atoms with Gasteiger partial charge >= 0.3 is 0 Å². The van der Waals surface area contributed by atoms with Gasteiger partial charge in [0, 0.05) is 44.0 Å². The molecule has 0 radical (unpaired) electrons. The lowest BCUT2D eigenvalue weighted by Crippen LogP contribution is -2.27. The predicted molar refractivity (Wildman–Crippen MR) is 99.1 cm³/mol. The second kappa shape index (κ2) is 7.56. The molecule has 0 unspecified atom stereocenters. The van der Waals surface area contributed by atoms with Crippen molar-refractivity contribution in [2.24, 2.45) is 7.05 Å². The molecule has 6 nitrogen and oxygen atoms in total. The first-order valence-electron chi connectivity index (χ1n) is 9.83. The van der Waals surface area contributed by atoms with Gasteiger partial charge in [-0.1, -0.05) is 19.3 Å². The summed E-state index contributed by atoms with van der Waals surface area (Å²) in [5.74, 6) is 1.95. The first kappa shape index (κ1) is 17.2. The first-order chi connectivity index (χ1) is 12.7. The Labute approximate surface area is 154 Å². The van der Waals surface area contributed by atoms with Crippen LogP contribution in [0.15, 0.2) is 18.6 Å². The zero-order chi connectivity index (χ0) is 17.9. The predicted octanol–water partition coefficient (Wildman–Crippen LogP) is 3.11. The highest BCUT2D eigenvalue weighted by atomic mass is 16.1. The van der Waals surface area contributed by atoms with Crippen LogP contribution in [-0.2, 0) is 13.5 Å². The van der Waals surface area contributed by atoms with Crippen LogP contribution in [0.4, 0.5) is 0 Å². The zero-order valence-electron chi connectivity index (χ0n) is 15.4. The van der Waals surface area contributed by atoms with E-state index in [-0.39, 0.29) is 5.91 Å². The lowest BCUT2D eigenvalue weighted by molar-refractivity contribution is 0.0952. The van der Waals surface area contributed by atoms with Gasteiger partial charge in [0.05, 0.1) is 11.3 Å². The van der Waals surface area contributed by atoms with E-state index < -0.39 is 0 Å². The van der Waals surface area contributed by atoms with E-state index in [9.17, 15) is 4.79 Å². The number of rotatable bonds is 6. The van der Waals surface area contributed by atoms with Crippen molar-refractivity contribution in [1.82, 2.24) is 25.1 Å². The van der Waals surface area contributed by atoms with Crippen LogP contribution in [0.25, 0.3) is 0 Å². The fourth-order valence-corrected chi connectivity index (χ4v) is 3.82. The highest BCUT2D eigenvalue weighted by Crippen LogP contribution is 2.37. The van der Waals surface area contributed by atoms with Crippen LogP contribution >= 0.6 is 0 Å². The summed E-state index contributed by atoms with van der Waals surface area (Å²) in [4.78, 5) is 21.5. The molecule has 6 heteroatoms. The molecular weight excluding hydrogens is 326 g/mol. The molecule has 1 N–H and O–H groups in total. The average molecular weight is 353 g/mol. The number of hydrogen-bond acceptors (Lipinski definition) is 4. The Morgan fingerprint density at radius 3 is 2.54 bits per heavy atom. The largest absolute Gasteiger partial charge is 0.352 e. The van der Waals surface area contributed by atoms with Gasteiger partial charge in [-0.25, -0.2) is 9.97 Å². The van der Waals surface area contributed by atoms with Crippen LogP contribution < -0.4 is 5.32 Å². The summed E-state index contributed by atoms with van der Waals surface area (Å²) in [5, 5.41) is 7.63. The maximum atomic E-state index is 12.7. The maximum absolute atomic E-state index is 12.7. The Kier molecular flexibility index (Phi) is 5.00. The normalized spacial score (nSPS) is 18.0. The number of carbonyl (C=O) groups is 1. The van der Waals surface area contributed by atoms with E-state index >= 15 is 0 Å². The molecule has 0 spiro atoms. The number of amides is 1. The van der Waals surface area contributed by atoms with Crippen LogP contribution in [0.2, 0.25) is 0 Å². The molecule has 1 amide bonds. The Morgan fingerprint density at radius 1 is 1.12 bits per heavy atom. The van der Waals surface area contributed by atoms with Crippen molar-refractivity contribution in [1.29, 1.82) is 0 Å². The highest BCUT2D eigenvalue weighted by Gasteiger charge is 2.26. The van der Waals surface area contributed by atoms with Crippen molar-refractivity contribution in [2.75, 3.05) is 6.54 Å². The molecular formula is C20H27N5O. The van der Waals surface area contributed by atoms with Crippen LogP contribution in [-0.4, -0.2) is 32.2 Å². The minimum atomic E-state index is -0.0193. The highest BCUT2D eigenvalue weighted by molar-refractivity contribution is 5.95. The zero-order valence-corrected chi connectivity index (χ0v) is 15.4. The molecule has 0 bridgehead atoms. The molecule has 2 aromatic rings. The topological polar surface area (TPSA) is 72.7 Å². The molecule has 2 aliphatic rings. The van der Waals surface area contributed by atoms with E-state index in [1.165, 1.54) is 32.1 Å². The van der Waals surface area contributed by atoms with Crippen molar-refractivity contribution in [3.8, 4) is 0 Å². The van der Waals surface area contributed by atoms with Crippen LogP contribution in [0, 0.1) is 0 Å². The molecule has 138 valence electrons. The van der Waals surface area contributed by atoms with Gasteiger partial charge in [-0.05, 0) is 37.7 Å². The lowest BCUT2D eigenvalue weighted by atomic mass is 9.85. The van der Waals surface area contributed by atoms with Gasteiger partial charge < -0.3 is 5.32 Å². The molecule has 4 rings (SSSR count). The summed E-state index contributed by atoms with van der Waals surface area (Å²) in [6.07, 6.45) is 14.9. The molecule has 0 aromatic carbocycles. The van der Waals surface area contributed by atoms with Gasteiger partial charge in [0.2, 0.25) is 0 Å². The minimum Gasteiger partial charge on any atom is -0.352 e. The standard InChI is InChI=1S/C20H27N5O/c1-25-13-17(18(24-25)15-5-3-2-4-6-15)20(26)21-10-9-14-11-22-19(23-12-14)16-7-8-16/h11-13,15-16H,2-10H2,1H3,(H,21,26). The lowest BCUT2D eigenvalue weighted by Gasteiger charge is -2.20. The Hall–Kier alpha value is -2.24. The number of aromatic nitrogens is 4. The van der Waals surface area contributed by atoms with Crippen molar-refractivity contribution < 1.29 is 4.79 Å². The van der Waals surface area contributed by atoms with Gasteiger partial charge in [-0.15, -0.1) is 0 Å². The van der Waals surface area contributed by atoms with Crippen molar-refractivity contribution in [3.05, 3.63) is 41.2 Å². The molecule has 2 heterocycles. The van der Waals surface area contributed by atoms with E-state index in [2.05, 4.69) is 20.4 Å². The number of hydrogen-bond donors (Lipinski definition) is 1. The summed E-state index contributed by atoms with van der Waals surface area (Å²) in [5.41, 5.74) is 2.77. The Bertz CT molecular complexity index is 757. The maximum Gasteiger partial charge on any atom is 0.254 e. The molecule has 0 aliphatic heterocycles. The summed E-state index contributed by atoms with van der Waals surface area (Å²) >= 11 is 0. The van der Waals surface area contributed by atoms with Crippen LogP contribution in [0.1, 0.15) is 84.2 Å². The molecule has 2 aliphatic carbocycles. The van der Waals surface area contributed by atoms with E-state index in [0.29, 0.717) is 18.4 Å². The first-order valence-corrected chi connectivity index (χ1v) is 9.83. The van der Waals surface area contributed by atoms with E-state index in [4.69, 9.17) is 0 Å². The van der Waals surface area contributed by atoms with Gasteiger partial charge in [0.1, 0.15) is 5.82 Å². The SMILES string of the molecule is Cn1cc(C(=O)NCCc2cnc(C3CC3)nc2)c(C2CCCCC2)n1. The van der Waals surface area contributed by atoms with Crippen molar-refractivity contribution in [3.63, 3.8) is 0 Å². The molecule has 0 saturated heterocycles. The molecule has 26 heavy (non-hydrogen) atoms. The Balaban J connectivity index is 1.34. The van der Waals surface area contributed by atoms with Crippen molar-refractivity contribution >= 4 is 5.91 Å². The van der Waals surface area contributed by atoms with Crippen LogP contribution in [0.3, 0.4) is 0 Å². The van der Waals surface area contributed by atoms with Crippen molar-refractivity contribution in [2.45, 2.75) is 63.2 Å². The second-order valence-electron chi connectivity index (χ2n) is 7.67. The fraction of sp³-hybridized carbons (Fsp3) is 0.600. The van der Waals surface area contributed by atoms with E-state index in [0.717, 1.165) is 41.9 Å². The number of nitrogens with one attached hydrogen (secondary N) is 1. The molecule has 2 aromatic heterocycles. The summed E-state index contributed by atoms with van der Waals surface area (Å²) in [6.45, 7) is 0.587. The minimum absolute atomic E-state index is 0.0193. The molecule has 2 fully saturated rings. The average Bonchev–Trinajstić information content (AvgIpc) is 3.44. The monoisotopic (exact) mass is 353 g/mol. The van der Waals surface area contributed by atoms with Crippen LogP contribution in [0.5, 0.6) is 0 Å². The summed E-state index contributed by atoms with van der Waals surface area (Å²) < 4.78 is 1.77. The summed E-state index contributed by atoms with van der Waals surface area (Å²) in [7, 11) is 1.89. The quantitative estimate of drug-likeness (QED) is 0.866. The third kappa shape index (κ3) is 3.94. The van der Waals surface area contributed by atoms with E-state index in [1.54, 1.807) is 4.68 Å². The number of aryl methyl sites for hydroxylation is 1. The number of nitrogens with zero attached hydrogens (tertiary/aromatic N) is 4. The molecule has 0 atom stereocenters. The second-order valence-corrected chi connectivity index (χ2v) is 7.67. The third-order valence-electron chi connectivity index (χ3n) is 5.46. The van der Waals surface area contributed by atoms with Gasteiger partial charge in [-0.3, -0.25) is 9.48 Å². The fourth-order valence-electron chi connectivity index (χ4n) is 3.82. The van der Waals surface area contributed by atoms with Gasteiger partial charge in [0.25, 0.3) is 5.91 Å². The van der Waals surface area contributed by atoms with E-state index in [1.807, 2.05) is 25.6 Å².